The molecule has 1 heterocycles. The lowest BCUT2D eigenvalue weighted by atomic mass is 9.79. The summed E-state index contributed by atoms with van der Waals surface area (Å²) in [5.74, 6) is 0.486. The Morgan fingerprint density at radius 3 is 2.78 bits per heavy atom. The third-order valence-electron chi connectivity index (χ3n) is 5.79. The minimum Gasteiger partial charge on any atom is -0.445 e. The van der Waals surface area contributed by atoms with Crippen molar-refractivity contribution in [1.29, 1.82) is 0 Å². The fourth-order valence-corrected chi connectivity index (χ4v) is 4.45. The van der Waals surface area contributed by atoms with Crippen molar-refractivity contribution in [3.8, 4) is 0 Å². The van der Waals surface area contributed by atoms with E-state index < -0.39 is 12.1 Å². The lowest BCUT2D eigenvalue weighted by molar-refractivity contribution is -0.133. The van der Waals surface area contributed by atoms with Gasteiger partial charge in [0.05, 0.1) is 0 Å². The smallest absolute Gasteiger partial charge is 0.408 e. The molecule has 1 saturated heterocycles. The number of amides is 2. The molecule has 0 aromatic heterocycles. The van der Waals surface area contributed by atoms with Crippen molar-refractivity contribution in [1.82, 2.24) is 10.2 Å². The summed E-state index contributed by atoms with van der Waals surface area (Å²) in [5, 5.41) is 2.75. The van der Waals surface area contributed by atoms with Crippen LogP contribution < -0.4 is 11.1 Å². The maximum Gasteiger partial charge on any atom is 0.408 e. The van der Waals surface area contributed by atoms with Gasteiger partial charge in [0.25, 0.3) is 0 Å². The molecule has 3 rings (SSSR count). The molecule has 4 atom stereocenters. The Morgan fingerprint density at radius 2 is 2.04 bits per heavy atom. The van der Waals surface area contributed by atoms with Gasteiger partial charge in [-0.3, -0.25) is 4.79 Å². The lowest BCUT2D eigenvalue weighted by Crippen LogP contribution is -2.50. The highest BCUT2D eigenvalue weighted by atomic mass is 16.5. The summed E-state index contributed by atoms with van der Waals surface area (Å²) < 4.78 is 5.26. The summed E-state index contributed by atoms with van der Waals surface area (Å²) >= 11 is 0. The molecule has 6 heteroatoms. The monoisotopic (exact) mass is 373 g/mol. The number of nitrogens with two attached hydrogens (primary N) is 1. The average Bonchev–Trinajstić information content (AvgIpc) is 3.02. The molecule has 148 valence electrons. The number of rotatable bonds is 6. The summed E-state index contributed by atoms with van der Waals surface area (Å²) in [5.41, 5.74) is 7.07. The molecular formula is C21H31N3O3. The van der Waals surface area contributed by atoms with Crippen LogP contribution in [-0.2, 0) is 16.1 Å². The molecule has 27 heavy (non-hydrogen) atoms. The third kappa shape index (κ3) is 5.01. The van der Waals surface area contributed by atoms with Crippen LogP contribution in [0.15, 0.2) is 30.3 Å². The Labute approximate surface area is 161 Å². The number of carbonyl (C=O) groups excluding carboxylic acids is 2. The Hall–Kier alpha value is -2.08. The van der Waals surface area contributed by atoms with Crippen molar-refractivity contribution in [2.24, 2.45) is 11.7 Å². The Morgan fingerprint density at radius 1 is 1.26 bits per heavy atom. The first-order valence-corrected chi connectivity index (χ1v) is 10.1. The minimum atomic E-state index is -0.533. The summed E-state index contributed by atoms with van der Waals surface area (Å²) in [7, 11) is 0. The van der Waals surface area contributed by atoms with Crippen molar-refractivity contribution in [3.63, 3.8) is 0 Å². The van der Waals surface area contributed by atoms with E-state index in [2.05, 4.69) is 12.2 Å². The second-order valence-corrected chi connectivity index (χ2v) is 7.77. The van der Waals surface area contributed by atoms with Gasteiger partial charge in [0.2, 0.25) is 5.91 Å². The molecule has 2 fully saturated rings. The minimum absolute atomic E-state index is 0.0215. The first kappa shape index (κ1) is 19.7. The Kier molecular flexibility index (Phi) is 6.72. The number of hydrogen-bond donors (Lipinski definition) is 2. The van der Waals surface area contributed by atoms with E-state index in [1.165, 1.54) is 0 Å². The second kappa shape index (κ2) is 9.22. The number of likely N-dealkylation sites (tertiary alicyclic amines) is 1. The molecule has 1 aromatic carbocycles. The fourth-order valence-electron chi connectivity index (χ4n) is 4.45. The molecule has 1 aromatic rings. The van der Waals surface area contributed by atoms with E-state index in [4.69, 9.17) is 10.5 Å². The standard InChI is InChI=1S/C21H31N3O3/c1-2-6-16-13-17(22)9-10-19(16)24-12-11-18(20(24)25)23-21(26)27-14-15-7-4-3-5-8-15/h3-5,7-8,16-19H,2,6,9-14,22H2,1H3,(H,23,26)/t16-,17-,18+,19+/m1/s1. The number of benzene rings is 1. The number of carbonyl (C=O) groups is 2. The zero-order chi connectivity index (χ0) is 19.2. The van der Waals surface area contributed by atoms with Crippen LogP contribution in [0, 0.1) is 5.92 Å². The topological polar surface area (TPSA) is 84.7 Å². The zero-order valence-electron chi connectivity index (χ0n) is 16.1. The zero-order valence-corrected chi connectivity index (χ0v) is 16.1. The second-order valence-electron chi connectivity index (χ2n) is 7.77. The predicted molar refractivity (Wildman–Crippen MR) is 104 cm³/mol. The van der Waals surface area contributed by atoms with Gasteiger partial charge in [-0.25, -0.2) is 4.79 Å². The molecule has 2 amide bonds. The molecule has 0 spiro atoms. The quantitative estimate of drug-likeness (QED) is 0.803. The van der Waals surface area contributed by atoms with Crippen LogP contribution in [-0.4, -0.2) is 41.6 Å². The van der Waals surface area contributed by atoms with Crippen LogP contribution in [0.4, 0.5) is 4.79 Å². The Balaban J connectivity index is 1.52. The van der Waals surface area contributed by atoms with Crippen LogP contribution in [0.5, 0.6) is 0 Å². The van der Waals surface area contributed by atoms with E-state index in [9.17, 15) is 9.59 Å². The maximum atomic E-state index is 12.9. The first-order valence-electron chi connectivity index (χ1n) is 10.1. The van der Waals surface area contributed by atoms with E-state index in [0.29, 0.717) is 18.9 Å². The summed E-state index contributed by atoms with van der Waals surface area (Å²) in [6.45, 7) is 3.08. The highest BCUT2D eigenvalue weighted by molar-refractivity contribution is 5.87. The summed E-state index contributed by atoms with van der Waals surface area (Å²) in [6, 6.07) is 9.54. The van der Waals surface area contributed by atoms with E-state index in [1.807, 2.05) is 35.2 Å². The third-order valence-corrected chi connectivity index (χ3v) is 5.79. The van der Waals surface area contributed by atoms with E-state index >= 15 is 0 Å². The number of hydrogen-bond acceptors (Lipinski definition) is 4. The van der Waals surface area contributed by atoms with Gasteiger partial charge < -0.3 is 20.7 Å². The van der Waals surface area contributed by atoms with Crippen LogP contribution >= 0.6 is 0 Å². The predicted octanol–water partition coefficient (Wildman–Crippen LogP) is 2.81. The molecule has 2 aliphatic rings. The molecule has 1 saturated carbocycles. The van der Waals surface area contributed by atoms with Crippen LogP contribution in [0.3, 0.4) is 0 Å². The molecule has 0 radical (unpaired) electrons. The fraction of sp³-hybridized carbons (Fsp3) is 0.619. The van der Waals surface area contributed by atoms with Crippen molar-refractivity contribution < 1.29 is 14.3 Å². The Bertz CT molecular complexity index is 637. The van der Waals surface area contributed by atoms with Gasteiger partial charge in [-0.05, 0) is 43.6 Å². The van der Waals surface area contributed by atoms with Crippen molar-refractivity contribution >= 4 is 12.0 Å². The molecule has 0 bridgehead atoms. The van der Waals surface area contributed by atoms with Gasteiger partial charge in [-0.1, -0.05) is 43.7 Å². The van der Waals surface area contributed by atoms with Crippen LogP contribution in [0.2, 0.25) is 0 Å². The molecule has 0 unspecified atom stereocenters. The van der Waals surface area contributed by atoms with E-state index in [-0.39, 0.29) is 24.6 Å². The van der Waals surface area contributed by atoms with Crippen molar-refractivity contribution in [2.45, 2.75) is 70.2 Å². The highest BCUT2D eigenvalue weighted by Gasteiger charge is 2.41. The van der Waals surface area contributed by atoms with Gasteiger partial charge >= 0.3 is 6.09 Å². The van der Waals surface area contributed by atoms with Gasteiger partial charge in [-0.15, -0.1) is 0 Å². The largest absolute Gasteiger partial charge is 0.445 e. The summed E-state index contributed by atoms with van der Waals surface area (Å²) in [6.07, 6.45) is 5.22. The van der Waals surface area contributed by atoms with Crippen LogP contribution in [0.1, 0.15) is 51.0 Å². The SMILES string of the molecule is CCC[C@@H]1C[C@H](N)CC[C@@H]1N1CC[C@H](NC(=O)OCc2ccccc2)C1=O. The number of alkyl carbamates (subject to hydrolysis) is 1. The van der Waals surface area contributed by atoms with E-state index in [1.54, 1.807) is 0 Å². The highest BCUT2D eigenvalue weighted by Crippen LogP contribution is 2.33. The number of nitrogens with zero attached hydrogens (tertiary/aromatic N) is 1. The van der Waals surface area contributed by atoms with Gasteiger partial charge in [0.15, 0.2) is 0 Å². The number of nitrogens with one attached hydrogen (secondary N) is 1. The van der Waals surface area contributed by atoms with Gasteiger partial charge in [-0.2, -0.15) is 0 Å². The molecule has 3 N–H and O–H groups in total. The van der Waals surface area contributed by atoms with Gasteiger partial charge in [0, 0.05) is 18.6 Å². The van der Waals surface area contributed by atoms with Gasteiger partial charge in [0.1, 0.15) is 12.6 Å². The number of ether oxygens (including phenoxy) is 1. The van der Waals surface area contributed by atoms with Crippen molar-refractivity contribution in [3.05, 3.63) is 35.9 Å². The lowest BCUT2D eigenvalue weighted by Gasteiger charge is -2.40. The molecule has 6 nitrogen and oxygen atoms in total. The van der Waals surface area contributed by atoms with Crippen LogP contribution in [0.25, 0.3) is 0 Å². The summed E-state index contributed by atoms with van der Waals surface area (Å²) in [4.78, 5) is 26.9. The molecular weight excluding hydrogens is 342 g/mol. The molecule has 1 aliphatic carbocycles. The van der Waals surface area contributed by atoms with E-state index in [0.717, 1.165) is 37.7 Å². The normalized spacial score (nSPS) is 28.2. The first-order chi connectivity index (χ1) is 13.1. The molecule has 1 aliphatic heterocycles. The maximum absolute atomic E-state index is 12.9. The van der Waals surface area contributed by atoms with Crippen molar-refractivity contribution in [2.75, 3.05) is 6.54 Å². The average molecular weight is 373 g/mol.